The smallest absolute Gasteiger partial charge is 0.387 e. The van der Waals surface area contributed by atoms with Crippen LogP contribution in [0.25, 0.3) is 0 Å². The van der Waals surface area contributed by atoms with Crippen LogP contribution in [0.4, 0.5) is 8.78 Å². The molecule has 0 unspecified atom stereocenters. The second-order valence-corrected chi connectivity index (χ2v) is 4.96. The predicted molar refractivity (Wildman–Crippen MR) is 84.7 cm³/mol. The summed E-state index contributed by atoms with van der Waals surface area (Å²) >= 11 is 0. The van der Waals surface area contributed by atoms with Gasteiger partial charge >= 0.3 is 12.6 Å². The van der Waals surface area contributed by atoms with Crippen molar-refractivity contribution >= 4 is 11.9 Å². The molecular formula is C16H15F2N3O5. The van der Waals surface area contributed by atoms with Crippen LogP contribution < -0.4 is 14.8 Å². The maximum Gasteiger partial charge on any atom is 0.387 e. The second kappa shape index (κ2) is 8.70. The van der Waals surface area contributed by atoms with E-state index in [2.05, 4.69) is 20.0 Å². The Hall–Kier alpha value is -3.30. The molecule has 0 fully saturated rings. The lowest BCUT2D eigenvalue weighted by Crippen LogP contribution is -2.27. The molecule has 0 saturated heterocycles. The number of hydrogen-bond donors (Lipinski definition) is 2. The van der Waals surface area contributed by atoms with Gasteiger partial charge in [-0.05, 0) is 24.1 Å². The fourth-order valence-corrected chi connectivity index (χ4v) is 2.03. The Morgan fingerprint density at radius 3 is 2.46 bits per heavy atom. The van der Waals surface area contributed by atoms with Gasteiger partial charge in [0.2, 0.25) is 0 Å². The highest BCUT2D eigenvalue weighted by molar-refractivity contribution is 5.92. The third kappa shape index (κ3) is 5.10. The molecule has 138 valence electrons. The first-order valence-corrected chi connectivity index (χ1v) is 7.36. The van der Waals surface area contributed by atoms with Gasteiger partial charge in [-0.3, -0.25) is 4.79 Å². The van der Waals surface area contributed by atoms with Crippen LogP contribution in [0.15, 0.2) is 30.6 Å². The Morgan fingerprint density at radius 1 is 1.19 bits per heavy atom. The first-order valence-electron chi connectivity index (χ1n) is 7.36. The van der Waals surface area contributed by atoms with Crippen LogP contribution in [0.1, 0.15) is 26.5 Å². The van der Waals surface area contributed by atoms with Crippen LogP contribution in [-0.2, 0) is 6.42 Å². The normalized spacial score (nSPS) is 10.5. The largest absolute Gasteiger partial charge is 0.493 e. The molecule has 2 rings (SSSR count). The van der Waals surface area contributed by atoms with E-state index < -0.39 is 18.5 Å². The van der Waals surface area contributed by atoms with Crippen molar-refractivity contribution < 1.29 is 33.0 Å². The number of carbonyl (C=O) groups excluding carboxylic acids is 1. The summed E-state index contributed by atoms with van der Waals surface area (Å²) in [5.41, 5.74) is 0.340. The van der Waals surface area contributed by atoms with Crippen molar-refractivity contribution in [1.29, 1.82) is 0 Å². The number of methoxy groups -OCH3 is 1. The van der Waals surface area contributed by atoms with Gasteiger partial charge in [0.05, 0.1) is 19.5 Å². The number of benzene rings is 1. The minimum atomic E-state index is -2.98. The van der Waals surface area contributed by atoms with Crippen molar-refractivity contribution in [2.45, 2.75) is 13.0 Å². The number of carboxylic acids is 1. The van der Waals surface area contributed by atoms with Crippen molar-refractivity contribution in [2.24, 2.45) is 0 Å². The van der Waals surface area contributed by atoms with Crippen LogP contribution in [-0.4, -0.2) is 47.2 Å². The number of aromatic nitrogens is 2. The Kier molecular flexibility index (Phi) is 6.36. The highest BCUT2D eigenvalue weighted by atomic mass is 19.3. The molecule has 10 heteroatoms. The van der Waals surface area contributed by atoms with E-state index in [0.29, 0.717) is 12.0 Å². The monoisotopic (exact) mass is 367 g/mol. The summed E-state index contributed by atoms with van der Waals surface area (Å²) in [6.45, 7) is -2.78. The van der Waals surface area contributed by atoms with E-state index >= 15 is 0 Å². The van der Waals surface area contributed by atoms with Gasteiger partial charge in [-0.2, -0.15) is 8.78 Å². The summed E-state index contributed by atoms with van der Waals surface area (Å²) in [7, 11) is 1.34. The maximum absolute atomic E-state index is 12.4. The van der Waals surface area contributed by atoms with Gasteiger partial charge in [0, 0.05) is 6.54 Å². The van der Waals surface area contributed by atoms with Crippen LogP contribution >= 0.6 is 0 Å². The van der Waals surface area contributed by atoms with Crippen LogP contribution in [0, 0.1) is 0 Å². The van der Waals surface area contributed by atoms with Gasteiger partial charge in [-0.1, -0.05) is 6.07 Å². The van der Waals surface area contributed by atoms with E-state index in [-0.39, 0.29) is 29.4 Å². The van der Waals surface area contributed by atoms with E-state index in [0.717, 1.165) is 12.4 Å². The zero-order chi connectivity index (χ0) is 19.1. The fourth-order valence-electron chi connectivity index (χ4n) is 2.03. The number of carbonyl (C=O) groups is 2. The molecular weight excluding hydrogens is 352 g/mol. The van der Waals surface area contributed by atoms with Crippen LogP contribution in [0.5, 0.6) is 11.5 Å². The van der Waals surface area contributed by atoms with E-state index in [1.54, 1.807) is 6.07 Å². The fraction of sp³-hybridized carbons (Fsp3) is 0.250. The lowest BCUT2D eigenvalue weighted by molar-refractivity contribution is -0.0512. The lowest BCUT2D eigenvalue weighted by atomic mass is 10.1. The number of alkyl halides is 2. The van der Waals surface area contributed by atoms with Crippen molar-refractivity contribution in [3.63, 3.8) is 0 Å². The summed E-state index contributed by atoms with van der Waals surface area (Å²) in [5.74, 6) is -1.70. The van der Waals surface area contributed by atoms with Gasteiger partial charge in [0.1, 0.15) is 5.69 Å². The number of rotatable bonds is 8. The number of nitrogens with one attached hydrogen (secondary N) is 1. The number of ether oxygens (including phenoxy) is 2. The summed E-state index contributed by atoms with van der Waals surface area (Å²) in [4.78, 5) is 29.9. The van der Waals surface area contributed by atoms with Crippen molar-refractivity contribution in [1.82, 2.24) is 15.3 Å². The quantitative estimate of drug-likeness (QED) is 0.731. The number of nitrogens with zero attached hydrogens (tertiary/aromatic N) is 2. The zero-order valence-corrected chi connectivity index (χ0v) is 13.6. The van der Waals surface area contributed by atoms with Crippen molar-refractivity contribution in [3.8, 4) is 11.5 Å². The van der Waals surface area contributed by atoms with E-state index in [1.165, 1.54) is 19.2 Å². The Labute approximate surface area is 146 Å². The molecule has 0 saturated carbocycles. The minimum absolute atomic E-state index is 0.0357. The molecule has 0 radical (unpaired) electrons. The molecule has 0 bridgehead atoms. The number of halogens is 2. The third-order valence-corrected chi connectivity index (χ3v) is 3.25. The summed E-state index contributed by atoms with van der Waals surface area (Å²) in [6, 6.07) is 4.55. The van der Waals surface area contributed by atoms with Crippen LogP contribution in [0.3, 0.4) is 0 Å². The number of hydrogen-bond acceptors (Lipinski definition) is 6. The molecule has 1 heterocycles. The van der Waals surface area contributed by atoms with Gasteiger partial charge in [-0.15, -0.1) is 0 Å². The molecule has 8 nitrogen and oxygen atoms in total. The lowest BCUT2D eigenvalue weighted by Gasteiger charge is -2.11. The molecule has 1 amide bonds. The molecule has 0 aliphatic carbocycles. The Morgan fingerprint density at radius 2 is 1.88 bits per heavy atom. The number of amides is 1. The molecule has 0 aliphatic heterocycles. The average molecular weight is 367 g/mol. The predicted octanol–water partition coefficient (Wildman–Crippen LogP) is 1.76. The van der Waals surface area contributed by atoms with E-state index in [4.69, 9.17) is 9.84 Å². The van der Waals surface area contributed by atoms with Gasteiger partial charge in [0.25, 0.3) is 5.91 Å². The molecule has 0 aliphatic rings. The van der Waals surface area contributed by atoms with Crippen LogP contribution in [0.2, 0.25) is 0 Å². The molecule has 1 aromatic heterocycles. The highest BCUT2D eigenvalue weighted by Gasteiger charge is 2.13. The van der Waals surface area contributed by atoms with E-state index in [1.807, 2.05) is 0 Å². The standard InChI is InChI=1S/C16H15F2N3O5/c1-25-12-3-2-9(6-13(12)26-16(17)18)4-5-19-14(22)10-7-21-11(8-20-10)15(23)24/h2-3,6-8,16H,4-5H2,1H3,(H,19,22)(H,23,24). The maximum atomic E-state index is 12.4. The van der Waals surface area contributed by atoms with Gasteiger partial charge in [0.15, 0.2) is 17.2 Å². The Bertz CT molecular complexity index is 784. The average Bonchev–Trinajstić information content (AvgIpc) is 2.61. The molecule has 26 heavy (non-hydrogen) atoms. The summed E-state index contributed by atoms with van der Waals surface area (Å²) in [5, 5.41) is 11.3. The SMILES string of the molecule is COc1ccc(CCNC(=O)c2cnc(C(=O)O)cn2)cc1OC(F)F. The van der Waals surface area contributed by atoms with Gasteiger partial charge < -0.3 is 19.9 Å². The number of aromatic carboxylic acids is 1. The molecule has 2 N–H and O–H groups in total. The zero-order valence-electron chi connectivity index (χ0n) is 13.6. The third-order valence-electron chi connectivity index (χ3n) is 3.25. The van der Waals surface area contributed by atoms with Crippen molar-refractivity contribution in [2.75, 3.05) is 13.7 Å². The molecule has 0 atom stereocenters. The minimum Gasteiger partial charge on any atom is -0.493 e. The molecule has 2 aromatic rings. The second-order valence-electron chi connectivity index (χ2n) is 4.96. The first-order chi connectivity index (χ1) is 12.4. The highest BCUT2D eigenvalue weighted by Crippen LogP contribution is 2.29. The van der Waals surface area contributed by atoms with E-state index in [9.17, 15) is 18.4 Å². The molecule has 1 aromatic carbocycles. The van der Waals surface area contributed by atoms with Gasteiger partial charge in [-0.25, -0.2) is 14.8 Å². The number of carboxylic acid groups (broad SMARTS) is 1. The first kappa shape index (κ1) is 19.0. The topological polar surface area (TPSA) is 111 Å². The Balaban J connectivity index is 1.94. The summed E-state index contributed by atoms with van der Waals surface area (Å²) < 4.78 is 34.2. The molecule has 0 spiro atoms. The van der Waals surface area contributed by atoms with Crippen molar-refractivity contribution in [3.05, 3.63) is 47.5 Å². The summed E-state index contributed by atoms with van der Waals surface area (Å²) in [6.07, 6.45) is 2.38.